The Bertz CT molecular complexity index is 443. The first-order valence-corrected chi connectivity index (χ1v) is 7.21. The number of nitrogens with zero attached hydrogens (tertiary/aromatic N) is 3. The number of hydrogen-bond donors (Lipinski definition) is 1. The molecule has 1 aliphatic heterocycles. The minimum atomic E-state index is -0.0578. The van der Waals surface area contributed by atoms with Crippen LogP contribution >= 0.6 is 0 Å². The van der Waals surface area contributed by atoms with Crippen molar-refractivity contribution in [1.29, 1.82) is 0 Å². The quantitative estimate of drug-likeness (QED) is 0.855. The van der Waals surface area contributed by atoms with Gasteiger partial charge in [-0.3, -0.25) is 4.79 Å². The summed E-state index contributed by atoms with van der Waals surface area (Å²) >= 11 is 0. The van der Waals surface area contributed by atoms with Crippen LogP contribution in [0.15, 0.2) is 12.4 Å². The van der Waals surface area contributed by atoms with Crippen LogP contribution in [0.4, 0.5) is 5.82 Å². The average molecular weight is 278 g/mol. The highest BCUT2D eigenvalue weighted by atomic mass is 16.5. The smallest absolute Gasteiger partial charge is 0.272 e. The third-order valence-electron chi connectivity index (χ3n) is 3.47. The highest BCUT2D eigenvalue weighted by molar-refractivity contribution is 5.92. The molecule has 1 amide bonds. The third-order valence-corrected chi connectivity index (χ3v) is 3.47. The number of carbonyl (C=O) groups excluding carboxylic acids is 1. The first-order valence-electron chi connectivity index (χ1n) is 7.21. The van der Waals surface area contributed by atoms with Crippen molar-refractivity contribution in [2.24, 2.45) is 0 Å². The van der Waals surface area contributed by atoms with Gasteiger partial charge in [0, 0.05) is 32.3 Å². The molecule has 1 saturated heterocycles. The van der Waals surface area contributed by atoms with Gasteiger partial charge in [-0.1, -0.05) is 0 Å². The van der Waals surface area contributed by atoms with Crippen LogP contribution in [0.25, 0.3) is 0 Å². The van der Waals surface area contributed by atoms with E-state index < -0.39 is 0 Å². The van der Waals surface area contributed by atoms with Gasteiger partial charge in [-0.05, 0) is 26.7 Å². The second-order valence-corrected chi connectivity index (χ2v) is 4.78. The Hall–Kier alpha value is -1.69. The van der Waals surface area contributed by atoms with Crippen molar-refractivity contribution in [1.82, 2.24) is 14.9 Å². The van der Waals surface area contributed by atoms with Crippen molar-refractivity contribution < 1.29 is 9.53 Å². The number of aromatic nitrogens is 2. The number of ether oxygens (including phenoxy) is 1. The highest BCUT2D eigenvalue weighted by Gasteiger charge is 2.17. The summed E-state index contributed by atoms with van der Waals surface area (Å²) < 4.78 is 5.54. The van der Waals surface area contributed by atoms with Gasteiger partial charge < -0.3 is 15.0 Å². The monoisotopic (exact) mass is 278 g/mol. The lowest BCUT2D eigenvalue weighted by molar-refractivity contribution is 0.0767. The summed E-state index contributed by atoms with van der Waals surface area (Å²) in [6.07, 6.45) is 3.85. The van der Waals surface area contributed by atoms with Crippen molar-refractivity contribution in [2.45, 2.75) is 32.8 Å². The summed E-state index contributed by atoms with van der Waals surface area (Å²) in [5, 5.41) is 3.21. The molecule has 2 rings (SSSR count). The van der Waals surface area contributed by atoms with Crippen molar-refractivity contribution in [2.75, 3.05) is 31.6 Å². The predicted molar refractivity (Wildman–Crippen MR) is 76.7 cm³/mol. The summed E-state index contributed by atoms with van der Waals surface area (Å²) in [7, 11) is 0. The van der Waals surface area contributed by atoms with Crippen LogP contribution in [-0.2, 0) is 4.74 Å². The molecule has 0 spiro atoms. The SMILES string of the molecule is CCN(CC)C(=O)c1cc(NCC2CCCO2)ncn1. The molecule has 0 aliphatic carbocycles. The zero-order valence-electron chi connectivity index (χ0n) is 12.1. The molecule has 1 aromatic heterocycles. The lowest BCUT2D eigenvalue weighted by Crippen LogP contribution is -2.31. The molecule has 20 heavy (non-hydrogen) atoms. The molecule has 6 nitrogen and oxygen atoms in total. The summed E-state index contributed by atoms with van der Waals surface area (Å²) in [5.41, 5.74) is 0.429. The van der Waals surface area contributed by atoms with Gasteiger partial charge in [-0.25, -0.2) is 9.97 Å². The molecule has 1 aliphatic rings. The van der Waals surface area contributed by atoms with E-state index in [4.69, 9.17) is 4.74 Å². The lowest BCUT2D eigenvalue weighted by Gasteiger charge is -2.18. The molecular weight excluding hydrogens is 256 g/mol. The molecule has 1 atom stereocenters. The molecule has 110 valence electrons. The van der Waals surface area contributed by atoms with Gasteiger partial charge in [0.1, 0.15) is 17.8 Å². The molecule has 0 radical (unpaired) electrons. The van der Waals surface area contributed by atoms with E-state index >= 15 is 0 Å². The van der Waals surface area contributed by atoms with E-state index in [2.05, 4.69) is 15.3 Å². The summed E-state index contributed by atoms with van der Waals surface area (Å²) in [6.45, 7) is 6.83. The van der Waals surface area contributed by atoms with Crippen molar-refractivity contribution in [3.8, 4) is 0 Å². The van der Waals surface area contributed by atoms with Gasteiger partial charge in [-0.15, -0.1) is 0 Å². The Labute approximate surface area is 119 Å². The number of hydrogen-bond acceptors (Lipinski definition) is 5. The predicted octanol–water partition coefficient (Wildman–Crippen LogP) is 1.55. The summed E-state index contributed by atoms with van der Waals surface area (Å²) in [5.74, 6) is 0.614. The fourth-order valence-corrected chi connectivity index (χ4v) is 2.27. The van der Waals surface area contributed by atoms with Gasteiger partial charge in [0.05, 0.1) is 6.10 Å². The number of nitrogens with one attached hydrogen (secondary N) is 1. The number of rotatable bonds is 6. The lowest BCUT2D eigenvalue weighted by atomic mass is 10.2. The second-order valence-electron chi connectivity index (χ2n) is 4.78. The minimum absolute atomic E-state index is 0.0578. The number of carbonyl (C=O) groups is 1. The Kier molecular flexibility index (Phi) is 5.29. The van der Waals surface area contributed by atoms with Crippen LogP contribution in [0.2, 0.25) is 0 Å². The van der Waals surface area contributed by atoms with Crippen LogP contribution < -0.4 is 5.32 Å². The third kappa shape index (κ3) is 3.66. The van der Waals surface area contributed by atoms with Gasteiger partial charge >= 0.3 is 0 Å². The molecule has 0 bridgehead atoms. The number of amides is 1. The topological polar surface area (TPSA) is 67.4 Å². The molecule has 0 aromatic carbocycles. The van der Waals surface area contributed by atoms with E-state index in [1.807, 2.05) is 13.8 Å². The highest BCUT2D eigenvalue weighted by Crippen LogP contribution is 2.13. The first kappa shape index (κ1) is 14.7. The van der Waals surface area contributed by atoms with Crippen LogP contribution in [0.1, 0.15) is 37.2 Å². The fraction of sp³-hybridized carbons (Fsp3) is 0.643. The van der Waals surface area contributed by atoms with E-state index in [1.54, 1.807) is 11.0 Å². The molecule has 1 aromatic rings. The largest absolute Gasteiger partial charge is 0.376 e. The van der Waals surface area contributed by atoms with Crippen LogP contribution in [0.5, 0.6) is 0 Å². The van der Waals surface area contributed by atoms with Crippen LogP contribution in [0.3, 0.4) is 0 Å². The van der Waals surface area contributed by atoms with Gasteiger partial charge in [0.2, 0.25) is 0 Å². The zero-order valence-corrected chi connectivity index (χ0v) is 12.1. The molecule has 0 saturated carbocycles. The Balaban J connectivity index is 1.97. The van der Waals surface area contributed by atoms with Crippen molar-refractivity contribution in [3.63, 3.8) is 0 Å². The van der Waals surface area contributed by atoms with E-state index in [0.717, 1.165) is 26.0 Å². The minimum Gasteiger partial charge on any atom is -0.376 e. The molecular formula is C14H22N4O2. The van der Waals surface area contributed by atoms with Crippen molar-refractivity contribution in [3.05, 3.63) is 18.1 Å². The van der Waals surface area contributed by atoms with E-state index in [9.17, 15) is 4.79 Å². The van der Waals surface area contributed by atoms with E-state index in [1.165, 1.54) is 6.33 Å². The summed E-state index contributed by atoms with van der Waals surface area (Å²) in [4.78, 5) is 22.2. The van der Waals surface area contributed by atoms with E-state index in [0.29, 0.717) is 24.6 Å². The van der Waals surface area contributed by atoms with Gasteiger partial charge in [-0.2, -0.15) is 0 Å². The molecule has 1 N–H and O–H groups in total. The fourth-order valence-electron chi connectivity index (χ4n) is 2.27. The Morgan fingerprint density at radius 1 is 1.45 bits per heavy atom. The maximum Gasteiger partial charge on any atom is 0.272 e. The van der Waals surface area contributed by atoms with Gasteiger partial charge in [0.25, 0.3) is 5.91 Å². The van der Waals surface area contributed by atoms with Crippen LogP contribution in [0, 0.1) is 0 Å². The number of anilines is 1. The Morgan fingerprint density at radius 2 is 2.25 bits per heavy atom. The first-order chi connectivity index (χ1) is 9.74. The maximum atomic E-state index is 12.2. The maximum absolute atomic E-state index is 12.2. The van der Waals surface area contributed by atoms with E-state index in [-0.39, 0.29) is 12.0 Å². The summed E-state index contributed by atoms with van der Waals surface area (Å²) in [6, 6.07) is 1.70. The second kappa shape index (κ2) is 7.19. The van der Waals surface area contributed by atoms with Crippen molar-refractivity contribution >= 4 is 11.7 Å². The molecule has 1 unspecified atom stereocenters. The van der Waals surface area contributed by atoms with Gasteiger partial charge in [0.15, 0.2) is 0 Å². The molecule has 6 heteroatoms. The zero-order chi connectivity index (χ0) is 14.4. The van der Waals surface area contributed by atoms with Crippen LogP contribution in [-0.4, -0.2) is 53.1 Å². The molecule has 2 heterocycles. The molecule has 1 fully saturated rings. The standard InChI is InChI=1S/C14H22N4O2/c1-3-18(4-2)14(19)12-8-13(17-10-16-12)15-9-11-6-5-7-20-11/h8,10-11H,3-7,9H2,1-2H3,(H,15,16,17). The average Bonchev–Trinajstić information content (AvgIpc) is 3.00. The normalized spacial score (nSPS) is 18.0. The Morgan fingerprint density at radius 3 is 2.90 bits per heavy atom.